The van der Waals surface area contributed by atoms with Crippen LogP contribution in [0.3, 0.4) is 0 Å². The number of nitrogens with zero attached hydrogens (tertiary/aromatic N) is 1. The Balaban J connectivity index is 1.53. The lowest BCUT2D eigenvalue weighted by Gasteiger charge is -2.18. The highest BCUT2D eigenvalue weighted by Gasteiger charge is 2.46. The highest BCUT2D eigenvalue weighted by atomic mass is 16.3. The van der Waals surface area contributed by atoms with Crippen LogP contribution in [0.2, 0.25) is 0 Å². The number of nitrogens with one attached hydrogen (secondary N) is 1. The van der Waals surface area contributed by atoms with Crippen LogP contribution in [0.4, 0.5) is 0 Å². The molecule has 0 aromatic rings. The maximum absolute atomic E-state index is 12.1. The predicted octanol–water partition coefficient (Wildman–Crippen LogP) is -0.114. The normalized spacial score (nSPS) is 29.5. The number of aliphatic hydroxyl groups excluding tert-OH is 1. The molecule has 3 aliphatic rings. The van der Waals surface area contributed by atoms with Gasteiger partial charge in [-0.1, -0.05) is 0 Å². The van der Waals surface area contributed by atoms with E-state index in [1.165, 1.54) is 12.8 Å². The molecule has 1 unspecified atom stereocenters. The van der Waals surface area contributed by atoms with Gasteiger partial charge in [0.2, 0.25) is 11.8 Å². The zero-order valence-corrected chi connectivity index (χ0v) is 10.5. The lowest BCUT2D eigenvalue weighted by atomic mass is 10.1. The van der Waals surface area contributed by atoms with Gasteiger partial charge in [-0.15, -0.1) is 0 Å². The summed E-state index contributed by atoms with van der Waals surface area (Å²) in [6.07, 6.45) is 4.46. The van der Waals surface area contributed by atoms with Crippen LogP contribution in [0.5, 0.6) is 0 Å². The second-order valence-corrected chi connectivity index (χ2v) is 6.07. The molecule has 2 amide bonds. The third-order valence-electron chi connectivity index (χ3n) is 4.31. The van der Waals surface area contributed by atoms with E-state index in [-0.39, 0.29) is 29.9 Å². The first-order valence-corrected chi connectivity index (χ1v) is 6.82. The minimum absolute atomic E-state index is 0.00515. The standard InChI is InChI=1S/C13H20N2O3/c16-8-13(3-4-13)14-12(18)10-5-11(17)15(7-10)6-9-1-2-9/h9-10,16H,1-8H2,(H,14,18). The van der Waals surface area contributed by atoms with Crippen molar-refractivity contribution in [3.05, 3.63) is 0 Å². The topological polar surface area (TPSA) is 69.6 Å². The number of rotatable bonds is 5. The van der Waals surface area contributed by atoms with E-state index in [4.69, 9.17) is 0 Å². The van der Waals surface area contributed by atoms with Crippen LogP contribution in [-0.4, -0.2) is 47.1 Å². The molecule has 2 N–H and O–H groups in total. The van der Waals surface area contributed by atoms with E-state index in [0.29, 0.717) is 18.9 Å². The van der Waals surface area contributed by atoms with Crippen LogP contribution in [0.15, 0.2) is 0 Å². The number of aliphatic hydroxyl groups is 1. The Kier molecular flexibility index (Phi) is 2.81. The molecule has 1 atom stereocenters. The fraction of sp³-hybridized carbons (Fsp3) is 0.846. The van der Waals surface area contributed by atoms with Crippen LogP contribution in [0.25, 0.3) is 0 Å². The number of hydrogen-bond donors (Lipinski definition) is 2. The molecule has 100 valence electrons. The number of amides is 2. The summed E-state index contributed by atoms with van der Waals surface area (Å²) in [5, 5.41) is 12.1. The number of carbonyl (C=O) groups excluding carboxylic acids is 2. The fourth-order valence-electron chi connectivity index (χ4n) is 2.57. The van der Waals surface area contributed by atoms with E-state index in [0.717, 1.165) is 19.4 Å². The minimum Gasteiger partial charge on any atom is -0.394 e. The summed E-state index contributed by atoms with van der Waals surface area (Å²) >= 11 is 0. The van der Waals surface area contributed by atoms with Crippen LogP contribution >= 0.6 is 0 Å². The molecule has 2 aliphatic carbocycles. The molecular formula is C13H20N2O3. The quantitative estimate of drug-likeness (QED) is 0.717. The van der Waals surface area contributed by atoms with Gasteiger partial charge < -0.3 is 15.3 Å². The molecule has 3 fully saturated rings. The van der Waals surface area contributed by atoms with Crippen molar-refractivity contribution < 1.29 is 14.7 Å². The van der Waals surface area contributed by atoms with E-state index in [2.05, 4.69) is 5.32 Å². The Morgan fingerprint density at radius 1 is 1.44 bits per heavy atom. The van der Waals surface area contributed by atoms with Crippen molar-refractivity contribution >= 4 is 11.8 Å². The fourth-order valence-corrected chi connectivity index (χ4v) is 2.57. The zero-order valence-electron chi connectivity index (χ0n) is 10.5. The monoisotopic (exact) mass is 252 g/mol. The Hall–Kier alpha value is -1.10. The van der Waals surface area contributed by atoms with Gasteiger partial charge in [-0.2, -0.15) is 0 Å². The van der Waals surface area contributed by atoms with E-state index >= 15 is 0 Å². The molecule has 1 aliphatic heterocycles. The minimum atomic E-state index is -0.371. The van der Waals surface area contributed by atoms with Crippen molar-refractivity contribution in [2.45, 2.75) is 37.6 Å². The van der Waals surface area contributed by atoms with E-state index in [1.807, 2.05) is 4.90 Å². The van der Waals surface area contributed by atoms with Crippen LogP contribution < -0.4 is 5.32 Å². The van der Waals surface area contributed by atoms with Gasteiger partial charge in [0.15, 0.2) is 0 Å². The lowest BCUT2D eigenvalue weighted by Crippen LogP contribution is -2.43. The Morgan fingerprint density at radius 3 is 2.72 bits per heavy atom. The summed E-state index contributed by atoms with van der Waals surface area (Å²) in [4.78, 5) is 25.7. The molecule has 3 rings (SSSR count). The third kappa shape index (κ3) is 2.36. The molecule has 0 aromatic carbocycles. The third-order valence-corrected chi connectivity index (χ3v) is 4.31. The SMILES string of the molecule is O=C(NC1(CO)CC1)C1CC(=O)N(CC2CC2)C1. The molecule has 0 bridgehead atoms. The molecule has 5 heteroatoms. The average Bonchev–Trinajstić information content (AvgIpc) is 3.23. The van der Waals surface area contributed by atoms with Crippen molar-refractivity contribution in [1.29, 1.82) is 0 Å². The van der Waals surface area contributed by atoms with Gasteiger partial charge in [0.05, 0.1) is 18.1 Å². The van der Waals surface area contributed by atoms with E-state index in [1.54, 1.807) is 0 Å². The Bertz CT molecular complexity index is 374. The van der Waals surface area contributed by atoms with Gasteiger partial charge in [0.25, 0.3) is 0 Å². The summed E-state index contributed by atoms with van der Waals surface area (Å²) in [6, 6.07) is 0. The van der Waals surface area contributed by atoms with Crippen molar-refractivity contribution in [3.63, 3.8) is 0 Å². The van der Waals surface area contributed by atoms with Crippen molar-refractivity contribution in [3.8, 4) is 0 Å². The second-order valence-electron chi connectivity index (χ2n) is 6.07. The number of hydrogen-bond acceptors (Lipinski definition) is 3. The molecule has 1 saturated heterocycles. The molecule has 2 saturated carbocycles. The summed E-state index contributed by atoms with van der Waals surface area (Å²) in [5.74, 6) is 0.493. The highest BCUT2D eigenvalue weighted by molar-refractivity contribution is 5.89. The van der Waals surface area contributed by atoms with Gasteiger partial charge >= 0.3 is 0 Å². The van der Waals surface area contributed by atoms with Crippen molar-refractivity contribution in [2.75, 3.05) is 19.7 Å². The van der Waals surface area contributed by atoms with E-state index in [9.17, 15) is 14.7 Å². The first-order chi connectivity index (χ1) is 8.62. The maximum atomic E-state index is 12.1. The average molecular weight is 252 g/mol. The van der Waals surface area contributed by atoms with E-state index < -0.39 is 0 Å². The van der Waals surface area contributed by atoms with Crippen LogP contribution in [-0.2, 0) is 9.59 Å². The number of carbonyl (C=O) groups is 2. The largest absolute Gasteiger partial charge is 0.394 e. The first kappa shape index (κ1) is 12.0. The van der Waals surface area contributed by atoms with Gasteiger partial charge in [-0.05, 0) is 31.6 Å². The molecule has 5 nitrogen and oxygen atoms in total. The smallest absolute Gasteiger partial charge is 0.225 e. The molecule has 0 radical (unpaired) electrons. The maximum Gasteiger partial charge on any atom is 0.225 e. The molecule has 0 aromatic heterocycles. The summed E-state index contributed by atoms with van der Waals surface area (Å²) < 4.78 is 0. The first-order valence-electron chi connectivity index (χ1n) is 6.82. The molecule has 1 heterocycles. The molecular weight excluding hydrogens is 232 g/mol. The van der Waals surface area contributed by atoms with Gasteiger partial charge in [0.1, 0.15) is 0 Å². The summed E-state index contributed by atoms with van der Waals surface area (Å²) in [5.41, 5.74) is -0.371. The van der Waals surface area contributed by atoms with Crippen LogP contribution in [0, 0.1) is 11.8 Å². The second kappa shape index (κ2) is 4.23. The van der Waals surface area contributed by atoms with Gasteiger partial charge in [-0.25, -0.2) is 0 Å². The Labute approximate surface area is 107 Å². The Morgan fingerprint density at radius 2 is 2.17 bits per heavy atom. The summed E-state index contributed by atoms with van der Waals surface area (Å²) in [6.45, 7) is 1.39. The van der Waals surface area contributed by atoms with Crippen molar-refractivity contribution in [2.24, 2.45) is 11.8 Å². The van der Waals surface area contributed by atoms with Gasteiger partial charge in [0, 0.05) is 19.5 Å². The number of likely N-dealkylation sites (tertiary alicyclic amines) is 1. The molecule has 18 heavy (non-hydrogen) atoms. The highest BCUT2D eigenvalue weighted by Crippen LogP contribution is 2.36. The predicted molar refractivity (Wildman–Crippen MR) is 64.6 cm³/mol. The zero-order chi connectivity index (χ0) is 12.8. The molecule has 0 spiro atoms. The summed E-state index contributed by atoms with van der Waals surface area (Å²) in [7, 11) is 0. The van der Waals surface area contributed by atoms with Gasteiger partial charge in [-0.3, -0.25) is 9.59 Å². The lowest BCUT2D eigenvalue weighted by molar-refractivity contribution is -0.129. The van der Waals surface area contributed by atoms with Crippen LogP contribution in [0.1, 0.15) is 32.1 Å². The van der Waals surface area contributed by atoms with Crippen molar-refractivity contribution in [1.82, 2.24) is 10.2 Å².